The summed E-state index contributed by atoms with van der Waals surface area (Å²) in [5.41, 5.74) is 9.71. The van der Waals surface area contributed by atoms with Gasteiger partial charge in [0.1, 0.15) is 0 Å². The van der Waals surface area contributed by atoms with Crippen LogP contribution in [0.5, 0.6) is 0 Å². The van der Waals surface area contributed by atoms with E-state index < -0.39 is 0 Å². The van der Waals surface area contributed by atoms with Crippen LogP contribution < -0.4 is 5.73 Å². The number of rotatable bonds is 2. The Kier molecular flexibility index (Phi) is 3.52. The molecule has 0 radical (unpaired) electrons. The summed E-state index contributed by atoms with van der Waals surface area (Å²) in [6, 6.07) is 9.78. The molecule has 0 saturated carbocycles. The van der Waals surface area contributed by atoms with E-state index in [1.807, 2.05) is 30.3 Å². The van der Waals surface area contributed by atoms with Crippen LogP contribution in [0, 0.1) is 0 Å². The van der Waals surface area contributed by atoms with Gasteiger partial charge in [0.15, 0.2) is 0 Å². The van der Waals surface area contributed by atoms with Crippen molar-refractivity contribution >= 4 is 27.9 Å². The van der Waals surface area contributed by atoms with Crippen molar-refractivity contribution in [3.05, 3.63) is 48.0 Å². The van der Waals surface area contributed by atoms with Crippen molar-refractivity contribution in [1.82, 2.24) is 0 Å². The van der Waals surface area contributed by atoms with Crippen molar-refractivity contribution in [3.63, 3.8) is 0 Å². The van der Waals surface area contributed by atoms with E-state index in [0.717, 1.165) is 47.0 Å². The average Bonchev–Trinajstić information content (AvgIpc) is 2.48. The van der Waals surface area contributed by atoms with Gasteiger partial charge in [-0.25, -0.2) is 0 Å². The molecule has 0 amide bonds. The molecule has 0 atom stereocenters. The van der Waals surface area contributed by atoms with Crippen LogP contribution in [0.4, 0.5) is 11.4 Å². The molecule has 0 saturated heterocycles. The predicted octanol–water partition coefficient (Wildman–Crippen LogP) is 3.73. The van der Waals surface area contributed by atoms with Crippen LogP contribution in [0.25, 0.3) is 10.8 Å². The molecule has 3 rings (SSSR count). The highest BCUT2D eigenvalue weighted by atomic mass is 16.3. The summed E-state index contributed by atoms with van der Waals surface area (Å²) in [5, 5.41) is 11.2. The predicted molar refractivity (Wildman–Crippen MR) is 84.4 cm³/mol. The molecule has 0 heterocycles. The number of nitrogen functional groups attached to an aromatic ring is 1. The van der Waals surface area contributed by atoms with Crippen LogP contribution >= 0.6 is 0 Å². The molecule has 1 aliphatic carbocycles. The highest BCUT2D eigenvalue weighted by Gasteiger charge is 2.05. The zero-order valence-electron chi connectivity index (χ0n) is 11.3. The van der Waals surface area contributed by atoms with E-state index in [-0.39, 0.29) is 6.61 Å². The number of fused-ring (bicyclic) bond motifs is 1. The maximum absolute atomic E-state index is 9.19. The van der Waals surface area contributed by atoms with Gasteiger partial charge >= 0.3 is 0 Å². The Labute approximate surface area is 118 Å². The van der Waals surface area contributed by atoms with Crippen molar-refractivity contribution in [3.8, 4) is 0 Å². The zero-order valence-corrected chi connectivity index (χ0v) is 11.3. The van der Waals surface area contributed by atoms with E-state index in [0.29, 0.717) is 5.69 Å². The summed E-state index contributed by atoms with van der Waals surface area (Å²) in [6.07, 6.45) is 7.60. The van der Waals surface area contributed by atoms with Gasteiger partial charge < -0.3 is 10.8 Å². The number of benzene rings is 2. The summed E-state index contributed by atoms with van der Waals surface area (Å²) in [5.74, 6) is 0. The van der Waals surface area contributed by atoms with Gasteiger partial charge in [-0.1, -0.05) is 18.2 Å². The lowest BCUT2D eigenvalue weighted by atomic mass is 10.0. The van der Waals surface area contributed by atoms with Gasteiger partial charge in [-0.2, -0.15) is 0 Å². The average molecular weight is 266 g/mol. The van der Waals surface area contributed by atoms with Crippen LogP contribution in [-0.4, -0.2) is 10.8 Å². The minimum atomic E-state index is 0.0320. The maximum Gasteiger partial charge on any atom is 0.0682 e. The van der Waals surface area contributed by atoms with E-state index >= 15 is 0 Å². The maximum atomic E-state index is 9.19. The fourth-order valence-corrected chi connectivity index (χ4v) is 2.54. The largest absolute Gasteiger partial charge is 0.398 e. The second kappa shape index (κ2) is 5.47. The van der Waals surface area contributed by atoms with Crippen molar-refractivity contribution in [2.45, 2.75) is 25.9 Å². The molecule has 2 aromatic carbocycles. The first-order chi connectivity index (χ1) is 9.76. The first kappa shape index (κ1) is 12.9. The number of nitrogens with zero attached hydrogens (tertiary/aromatic N) is 1. The van der Waals surface area contributed by atoms with Gasteiger partial charge in [-0.15, -0.1) is 0 Å². The first-order valence-electron chi connectivity index (χ1n) is 6.93. The number of aliphatic imine (C=N–C) groups is 1. The summed E-state index contributed by atoms with van der Waals surface area (Å²) in [7, 11) is 0. The SMILES string of the molecule is Nc1cc(N=C2C=CCCC2)cc2ccc(CO)cc12. The standard InChI is InChI=1S/C17H18N2O/c18-17-10-15(19-14-4-2-1-3-5-14)9-13-7-6-12(11-20)8-16(13)17/h2,4,6-10,20H,1,3,5,11,18H2. The number of aliphatic hydroxyl groups is 1. The molecule has 0 spiro atoms. The van der Waals surface area contributed by atoms with Gasteiger partial charge in [-0.3, -0.25) is 4.99 Å². The smallest absolute Gasteiger partial charge is 0.0682 e. The molecule has 0 fully saturated rings. The molecule has 0 unspecified atom stereocenters. The fraction of sp³-hybridized carbons (Fsp3) is 0.235. The highest BCUT2D eigenvalue weighted by Crippen LogP contribution is 2.29. The molecule has 2 aromatic rings. The van der Waals surface area contributed by atoms with E-state index in [1.54, 1.807) is 0 Å². The van der Waals surface area contributed by atoms with Gasteiger partial charge in [-0.05, 0) is 54.5 Å². The molecule has 20 heavy (non-hydrogen) atoms. The molecule has 3 N–H and O–H groups in total. The van der Waals surface area contributed by atoms with Crippen LogP contribution in [0.1, 0.15) is 24.8 Å². The van der Waals surface area contributed by atoms with Crippen LogP contribution in [-0.2, 0) is 6.61 Å². The van der Waals surface area contributed by atoms with Crippen molar-refractivity contribution < 1.29 is 5.11 Å². The molecule has 0 aromatic heterocycles. The third kappa shape index (κ3) is 2.58. The molecule has 0 bridgehead atoms. The fourth-order valence-electron chi connectivity index (χ4n) is 2.54. The lowest BCUT2D eigenvalue weighted by molar-refractivity contribution is 0.282. The third-order valence-electron chi connectivity index (χ3n) is 3.60. The number of hydrogen-bond donors (Lipinski definition) is 2. The number of aliphatic hydroxyl groups excluding tert-OH is 1. The summed E-state index contributed by atoms with van der Waals surface area (Å²) in [6.45, 7) is 0.0320. The number of anilines is 1. The number of nitrogens with two attached hydrogens (primary N) is 1. The minimum Gasteiger partial charge on any atom is -0.398 e. The Morgan fingerprint density at radius 3 is 2.85 bits per heavy atom. The first-order valence-corrected chi connectivity index (χ1v) is 6.93. The summed E-state index contributed by atoms with van der Waals surface area (Å²) in [4.78, 5) is 4.67. The monoisotopic (exact) mass is 266 g/mol. The van der Waals surface area contributed by atoms with Crippen LogP contribution in [0.15, 0.2) is 47.5 Å². The van der Waals surface area contributed by atoms with E-state index in [1.165, 1.54) is 0 Å². The van der Waals surface area contributed by atoms with Crippen molar-refractivity contribution in [1.29, 1.82) is 0 Å². The van der Waals surface area contributed by atoms with E-state index in [4.69, 9.17) is 5.73 Å². The van der Waals surface area contributed by atoms with Crippen LogP contribution in [0.2, 0.25) is 0 Å². The molecular weight excluding hydrogens is 248 g/mol. The molecule has 102 valence electrons. The summed E-state index contributed by atoms with van der Waals surface area (Å²) >= 11 is 0. The van der Waals surface area contributed by atoms with Gasteiger partial charge in [0.05, 0.1) is 12.3 Å². The van der Waals surface area contributed by atoms with E-state index in [9.17, 15) is 5.11 Å². The highest BCUT2D eigenvalue weighted by molar-refractivity contribution is 6.00. The molecule has 1 aliphatic rings. The third-order valence-corrected chi connectivity index (χ3v) is 3.60. The molecular formula is C17H18N2O. The quantitative estimate of drug-likeness (QED) is 0.814. The van der Waals surface area contributed by atoms with Crippen molar-refractivity contribution in [2.75, 3.05) is 5.73 Å². The topological polar surface area (TPSA) is 58.6 Å². The lowest BCUT2D eigenvalue weighted by Crippen LogP contribution is -1.97. The van der Waals surface area contributed by atoms with Crippen LogP contribution in [0.3, 0.4) is 0 Å². The molecule has 3 nitrogen and oxygen atoms in total. The Hall–Kier alpha value is -2.13. The Balaban J connectivity index is 2.05. The van der Waals surface area contributed by atoms with Gasteiger partial charge in [0.2, 0.25) is 0 Å². The minimum absolute atomic E-state index is 0.0320. The Morgan fingerprint density at radius 2 is 2.10 bits per heavy atom. The zero-order chi connectivity index (χ0) is 13.9. The molecule has 0 aliphatic heterocycles. The summed E-state index contributed by atoms with van der Waals surface area (Å²) < 4.78 is 0. The lowest BCUT2D eigenvalue weighted by Gasteiger charge is -2.09. The second-order valence-electron chi connectivity index (χ2n) is 5.15. The van der Waals surface area contributed by atoms with E-state index in [2.05, 4.69) is 17.1 Å². The van der Waals surface area contributed by atoms with Gasteiger partial charge in [0, 0.05) is 16.8 Å². The molecule has 3 heteroatoms. The van der Waals surface area contributed by atoms with Gasteiger partial charge in [0.25, 0.3) is 0 Å². The number of hydrogen-bond acceptors (Lipinski definition) is 3. The Morgan fingerprint density at radius 1 is 1.20 bits per heavy atom. The van der Waals surface area contributed by atoms with Crippen molar-refractivity contribution in [2.24, 2.45) is 4.99 Å². The number of allylic oxidation sites excluding steroid dienone is 2. The second-order valence-corrected chi connectivity index (χ2v) is 5.15. The normalized spacial score (nSPS) is 16.9. The Bertz CT molecular complexity index is 701.